The molecule has 7 heteroatoms. The van der Waals surface area contributed by atoms with Crippen molar-refractivity contribution in [2.24, 2.45) is 0 Å². The molecule has 2 aromatic carbocycles. The van der Waals surface area contributed by atoms with Gasteiger partial charge in [-0.2, -0.15) is 5.26 Å². The number of nitrogens with one attached hydrogen (secondary N) is 1. The second kappa shape index (κ2) is 7.87. The maximum atomic E-state index is 12.7. The van der Waals surface area contributed by atoms with E-state index in [1.54, 1.807) is 29.2 Å². The van der Waals surface area contributed by atoms with Gasteiger partial charge in [0, 0.05) is 30.9 Å². The first-order valence-electron chi connectivity index (χ1n) is 8.84. The van der Waals surface area contributed by atoms with Gasteiger partial charge in [-0.05, 0) is 49.6 Å². The number of amides is 1. The van der Waals surface area contributed by atoms with Gasteiger partial charge in [0.2, 0.25) is 0 Å². The highest BCUT2D eigenvalue weighted by molar-refractivity contribution is 5.99. The van der Waals surface area contributed by atoms with Crippen LogP contribution >= 0.6 is 0 Å². The smallest absolute Gasteiger partial charge is 0.282 e. The van der Waals surface area contributed by atoms with Crippen molar-refractivity contribution in [3.63, 3.8) is 0 Å². The van der Waals surface area contributed by atoms with Gasteiger partial charge in [0.1, 0.15) is 5.56 Å². The summed E-state index contributed by atoms with van der Waals surface area (Å²) in [6, 6.07) is 13.7. The van der Waals surface area contributed by atoms with E-state index in [4.69, 9.17) is 5.26 Å². The number of carbonyl (C=O) groups excluding carboxylic acids is 1. The predicted molar refractivity (Wildman–Crippen MR) is 101 cm³/mol. The fraction of sp³-hybridized carbons (Fsp3) is 0.300. The molecule has 1 fully saturated rings. The molecule has 138 valence electrons. The van der Waals surface area contributed by atoms with Crippen LogP contribution in [0.4, 0.5) is 11.4 Å². The molecule has 1 atom stereocenters. The molecule has 1 saturated heterocycles. The third-order valence-corrected chi connectivity index (χ3v) is 4.72. The van der Waals surface area contributed by atoms with E-state index in [0.717, 1.165) is 18.4 Å². The molecule has 1 N–H and O–H groups in total. The zero-order valence-corrected chi connectivity index (χ0v) is 15.0. The monoisotopic (exact) mass is 364 g/mol. The van der Waals surface area contributed by atoms with Crippen molar-refractivity contribution < 1.29 is 9.72 Å². The minimum atomic E-state index is -0.521. The van der Waals surface area contributed by atoms with Crippen LogP contribution in [0, 0.1) is 21.4 Å². The van der Waals surface area contributed by atoms with Crippen molar-refractivity contribution in [3.8, 4) is 6.07 Å². The van der Waals surface area contributed by atoms with Gasteiger partial charge in [-0.25, -0.2) is 0 Å². The van der Waals surface area contributed by atoms with Crippen LogP contribution in [0.1, 0.15) is 47.3 Å². The Bertz CT molecular complexity index is 914. The van der Waals surface area contributed by atoms with E-state index in [9.17, 15) is 14.9 Å². The molecule has 3 rings (SSSR count). The van der Waals surface area contributed by atoms with Crippen molar-refractivity contribution in [1.82, 2.24) is 4.90 Å². The highest BCUT2D eigenvalue weighted by atomic mass is 16.6. The molecular weight excluding hydrogens is 344 g/mol. The van der Waals surface area contributed by atoms with Crippen LogP contribution < -0.4 is 5.32 Å². The molecule has 1 aliphatic heterocycles. The van der Waals surface area contributed by atoms with E-state index in [1.165, 1.54) is 6.07 Å². The second-order valence-corrected chi connectivity index (χ2v) is 6.59. The highest BCUT2D eigenvalue weighted by Gasteiger charge is 2.27. The summed E-state index contributed by atoms with van der Waals surface area (Å²) in [6.07, 6.45) is 1.84. The van der Waals surface area contributed by atoms with Crippen LogP contribution in [-0.4, -0.2) is 28.8 Å². The lowest BCUT2D eigenvalue weighted by Gasteiger charge is -2.18. The number of carbonyl (C=O) groups is 1. The number of nitro groups is 1. The first kappa shape index (κ1) is 18.4. The van der Waals surface area contributed by atoms with Gasteiger partial charge in [0.25, 0.3) is 11.6 Å². The van der Waals surface area contributed by atoms with Crippen molar-refractivity contribution in [2.75, 3.05) is 18.4 Å². The molecule has 27 heavy (non-hydrogen) atoms. The van der Waals surface area contributed by atoms with Crippen LogP contribution in [0.2, 0.25) is 0 Å². The first-order chi connectivity index (χ1) is 13.0. The van der Waals surface area contributed by atoms with Crippen molar-refractivity contribution >= 4 is 17.3 Å². The number of nitrogens with zero attached hydrogens (tertiary/aromatic N) is 3. The molecule has 2 aromatic rings. The minimum absolute atomic E-state index is 0.102. The highest BCUT2D eigenvalue weighted by Crippen LogP contribution is 2.28. The second-order valence-electron chi connectivity index (χ2n) is 6.59. The zero-order chi connectivity index (χ0) is 19.4. The number of likely N-dealkylation sites (tertiary alicyclic amines) is 1. The summed E-state index contributed by atoms with van der Waals surface area (Å²) in [5, 5.41) is 23.7. The van der Waals surface area contributed by atoms with Gasteiger partial charge in [0.15, 0.2) is 0 Å². The number of benzene rings is 2. The molecule has 0 aliphatic carbocycles. The quantitative estimate of drug-likeness (QED) is 0.641. The van der Waals surface area contributed by atoms with Crippen LogP contribution in [0.3, 0.4) is 0 Å². The lowest BCUT2D eigenvalue weighted by atomic mass is 10.0. The summed E-state index contributed by atoms with van der Waals surface area (Å²) in [6.45, 7) is 3.19. The Balaban J connectivity index is 1.87. The first-order valence-corrected chi connectivity index (χ1v) is 8.84. The Morgan fingerprint density at radius 3 is 2.67 bits per heavy atom. The molecule has 0 bridgehead atoms. The standard InChI is InChI=1S/C20H20N4O3/c1-14(16-6-4-5-15(11-16)13-21)22-17-7-8-19(24(26)27)18(12-17)20(25)23-9-2-3-10-23/h4-8,11-12,14,22H,2-3,9-10H2,1H3. The molecule has 1 amide bonds. The van der Waals surface area contributed by atoms with Gasteiger partial charge in [-0.3, -0.25) is 14.9 Å². The van der Waals surface area contributed by atoms with E-state index in [0.29, 0.717) is 24.3 Å². The summed E-state index contributed by atoms with van der Waals surface area (Å²) in [7, 11) is 0. The average molecular weight is 364 g/mol. The summed E-state index contributed by atoms with van der Waals surface area (Å²) in [4.78, 5) is 25.2. The maximum Gasteiger partial charge on any atom is 0.282 e. The Morgan fingerprint density at radius 2 is 2.00 bits per heavy atom. The van der Waals surface area contributed by atoms with Crippen LogP contribution in [0.15, 0.2) is 42.5 Å². The van der Waals surface area contributed by atoms with E-state index in [1.807, 2.05) is 19.1 Å². The molecule has 0 radical (unpaired) electrons. The average Bonchev–Trinajstić information content (AvgIpc) is 3.22. The summed E-state index contributed by atoms with van der Waals surface area (Å²) in [5.74, 6) is -0.304. The van der Waals surface area contributed by atoms with Crippen molar-refractivity contribution in [1.29, 1.82) is 5.26 Å². The van der Waals surface area contributed by atoms with Crippen LogP contribution in [0.25, 0.3) is 0 Å². The maximum absolute atomic E-state index is 12.7. The number of hydrogen-bond acceptors (Lipinski definition) is 5. The number of hydrogen-bond donors (Lipinski definition) is 1. The molecule has 0 spiro atoms. The third kappa shape index (κ3) is 4.06. The van der Waals surface area contributed by atoms with Crippen LogP contribution in [-0.2, 0) is 0 Å². The number of anilines is 1. The molecule has 1 unspecified atom stereocenters. The van der Waals surface area contributed by atoms with Gasteiger partial charge in [-0.1, -0.05) is 12.1 Å². The van der Waals surface area contributed by atoms with E-state index < -0.39 is 4.92 Å². The Morgan fingerprint density at radius 1 is 1.26 bits per heavy atom. The summed E-state index contributed by atoms with van der Waals surface area (Å²) < 4.78 is 0. The van der Waals surface area contributed by atoms with Crippen LogP contribution in [0.5, 0.6) is 0 Å². The van der Waals surface area contributed by atoms with Gasteiger partial charge < -0.3 is 10.2 Å². The number of nitro benzene ring substituents is 1. The fourth-order valence-corrected chi connectivity index (χ4v) is 3.26. The van der Waals surface area contributed by atoms with E-state index in [2.05, 4.69) is 11.4 Å². The molecule has 7 nitrogen and oxygen atoms in total. The lowest BCUT2D eigenvalue weighted by Crippen LogP contribution is -2.28. The Hall–Kier alpha value is -3.40. The third-order valence-electron chi connectivity index (χ3n) is 4.72. The number of rotatable bonds is 5. The molecule has 1 heterocycles. The Kier molecular flexibility index (Phi) is 5.36. The summed E-state index contributed by atoms with van der Waals surface area (Å²) >= 11 is 0. The number of nitriles is 1. The molecule has 0 aromatic heterocycles. The van der Waals surface area contributed by atoms with Gasteiger partial charge in [-0.15, -0.1) is 0 Å². The zero-order valence-electron chi connectivity index (χ0n) is 15.0. The minimum Gasteiger partial charge on any atom is -0.378 e. The molecule has 0 saturated carbocycles. The molecule has 1 aliphatic rings. The van der Waals surface area contributed by atoms with Gasteiger partial charge in [0.05, 0.1) is 16.6 Å². The Labute approximate surface area is 157 Å². The van der Waals surface area contributed by atoms with Crippen molar-refractivity contribution in [3.05, 3.63) is 69.3 Å². The summed E-state index contributed by atoms with van der Waals surface area (Å²) in [5.41, 5.74) is 2.02. The predicted octanol–water partition coefficient (Wildman–Crippen LogP) is 3.88. The fourth-order valence-electron chi connectivity index (χ4n) is 3.26. The topological polar surface area (TPSA) is 99.3 Å². The largest absolute Gasteiger partial charge is 0.378 e. The lowest BCUT2D eigenvalue weighted by molar-refractivity contribution is -0.385. The normalized spacial score (nSPS) is 14.4. The SMILES string of the molecule is CC(Nc1ccc([N+](=O)[O-])c(C(=O)N2CCCC2)c1)c1cccc(C#N)c1. The van der Waals surface area contributed by atoms with Gasteiger partial charge >= 0.3 is 0 Å². The van der Waals surface area contributed by atoms with E-state index in [-0.39, 0.29) is 23.2 Å². The van der Waals surface area contributed by atoms with Crippen molar-refractivity contribution in [2.45, 2.75) is 25.8 Å². The molecular formula is C20H20N4O3. The van der Waals surface area contributed by atoms with E-state index >= 15 is 0 Å².